The van der Waals surface area contributed by atoms with E-state index in [2.05, 4.69) is 29.9 Å². The molecule has 0 unspecified atom stereocenters. The number of rotatable bonds is 3. The number of hydrogen-bond donors (Lipinski definition) is 1. The van der Waals surface area contributed by atoms with Crippen molar-refractivity contribution in [2.24, 2.45) is 5.92 Å². The molecule has 1 aromatic carbocycles. The minimum absolute atomic E-state index is 0.643. The van der Waals surface area contributed by atoms with Crippen LogP contribution in [0.5, 0.6) is 0 Å². The lowest BCUT2D eigenvalue weighted by Crippen LogP contribution is -1.93. The Labute approximate surface area is 95.1 Å². The highest BCUT2D eigenvalue weighted by atomic mass is 14.9. The maximum atomic E-state index is 8.96. The lowest BCUT2D eigenvalue weighted by molar-refractivity contribution is 0.577. The highest BCUT2D eigenvalue weighted by Crippen LogP contribution is 2.17. The Morgan fingerprint density at radius 3 is 2.94 bits per heavy atom. The number of benzene rings is 1. The van der Waals surface area contributed by atoms with Crippen molar-refractivity contribution in [1.29, 1.82) is 5.26 Å². The Kier molecular flexibility index (Phi) is 2.91. The molecule has 0 aliphatic carbocycles. The number of H-pyrrole nitrogens is 1. The SMILES string of the molecule is CC(C)CCc1nc2c(C#N)cccc2[nH]1. The third-order valence-corrected chi connectivity index (χ3v) is 2.64. The molecular weight excluding hydrogens is 198 g/mol. The van der Waals surface area contributed by atoms with Crippen LogP contribution >= 0.6 is 0 Å². The van der Waals surface area contributed by atoms with Crippen molar-refractivity contribution in [3.05, 3.63) is 29.6 Å². The van der Waals surface area contributed by atoms with Gasteiger partial charge in [-0.3, -0.25) is 0 Å². The van der Waals surface area contributed by atoms with Crippen molar-refractivity contribution in [3.8, 4) is 6.07 Å². The molecule has 82 valence electrons. The first kappa shape index (κ1) is 10.7. The Morgan fingerprint density at radius 2 is 2.25 bits per heavy atom. The topological polar surface area (TPSA) is 52.5 Å². The van der Waals surface area contributed by atoms with E-state index < -0.39 is 0 Å². The van der Waals surface area contributed by atoms with Gasteiger partial charge in [-0.15, -0.1) is 0 Å². The van der Waals surface area contributed by atoms with Gasteiger partial charge in [-0.2, -0.15) is 5.26 Å². The largest absolute Gasteiger partial charge is 0.342 e. The minimum atomic E-state index is 0.643. The molecule has 1 aromatic heterocycles. The van der Waals surface area contributed by atoms with E-state index >= 15 is 0 Å². The van der Waals surface area contributed by atoms with Gasteiger partial charge in [0.05, 0.1) is 11.1 Å². The highest BCUT2D eigenvalue weighted by molar-refractivity contribution is 5.81. The number of aromatic nitrogens is 2. The highest BCUT2D eigenvalue weighted by Gasteiger charge is 2.07. The Bertz CT molecular complexity index is 532. The molecule has 0 aliphatic heterocycles. The van der Waals surface area contributed by atoms with Crippen LogP contribution in [0, 0.1) is 17.2 Å². The van der Waals surface area contributed by atoms with Crippen molar-refractivity contribution in [2.75, 3.05) is 0 Å². The van der Waals surface area contributed by atoms with E-state index in [4.69, 9.17) is 5.26 Å². The summed E-state index contributed by atoms with van der Waals surface area (Å²) >= 11 is 0. The molecule has 16 heavy (non-hydrogen) atoms. The minimum Gasteiger partial charge on any atom is -0.342 e. The van der Waals surface area contributed by atoms with Gasteiger partial charge < -0.3 is 4.98 Å². The lowest BCUT2D eigenvalue weighted by Gasteiger charge is -2.00. The molecule has 3 nitrogen and oxygen atoms in total. The van der Waals surface area contributed by atoms with Gasteiger partial charge in [-0.05, 0) is 24.5 Å². The molecule has 0 saturated carbocycles. The summed E-state index contributed by atoms with van der Waals surface area (Å²) in [6.07, 6.45) is 2.05. The number of nitrogens with one attached hydrogen (secondary N) is 1. The predicted molar refractivity (Wildman–Crippen MR) is 64.0 cm³/mol. The van der Waals surface area contributed by atoms with E-state index in [1.807, 2.05) is 12.1 Å². The molecule has 0 aliphatic rings. The van der Waals surface area contributed by atoms with Crippen LogP contribution < -0.4 is 0 Å². The molecule has 0 radical (unpaired) electrons. The van der Waals surface area contributed by atoms with E-state index in [-0.39, 0.29) is 0 Å². The summed E-state index contributed by atoms with van der Waals surface area (Å²) in [6, 6.07) is 7.81. The third kappa shape index (κ3) is 2.06. The number of nitriles is 1. The van der Waals surface area contributed by atoms with E-state index in [1.54, 1.807) is 6.07 Å². The Balaban J connectivity index is 2.33. The fourth-order valence-electron chi connectivity index (χ4n) is 1.72. The van der Waals surface area contributed by atoms with Crippen LogP contribution in [-0.2, 0) is 6.42 Å². The molecule has 3 heteroatoms. The van der Waals surface area contributed by atoms with Crippen LogP contribution in [0.25, 0.3) is 11.0 Å². The van der Waals surface area contributed by atoms with Crippen LogP contribution in [0.15, 0.2) is 18.2 Å². The number of para-hydroxylation sites is 1. The fourth-order valence-corrected chi connectivity index (χ4v) is 1.72. The molecular formula is C13H15N3. The Morgan fingerprint density at radius 1 is 1.44 bits per heavy atom. The molecule has 1 N–H and O–H groups in total. The number of aryl methyl sites for hydroxylation is 1. The summed E-state index contributed by atoms with van der Waals surface area (Å²) in [4.78, 5) is 7.74. The molecule has 0 saturated heterocycles. The van der Waals surface area contributed by atoms with E-state index in [0.717, 1.165) is 29.7 Å². The van der Waals surface area contributed by atoms with Gasteiger partial charge in [-0.1, -0.05) is 19.9 Å². The number of nitrogens with zero attached hydrogens (tertiary/aromatic N) is 2. The maximum Gasteiger partial charge on any atom is 0.107 e. The van der Waals surface area contributed by atoms with Gasteiger partial charge in [0, 0.05) is 6.42 Å². The van der Waals surface area contributed by atoms with E-state index in [1.165, 1.54) is 0 Å². The Hall–Kier alpha value is -1.82. The number of hydrogen-bond acceptors (Lipinski definition) is 2. The van der Waals surface area contributed by atoms with Gasteiger partial charge in [0.15, 0.2) is 0 Å². The summed E-state index contributed by atoms with van der Waals surface area (Å²) < 4.78 is 0. The third-order valence-electron chi connectivity index (χ3n) is 2.64. The smallest absolute Gasteiger partial charge is 0.107 e. The maximum absolute atomic E-state index is 8.96. The molecule has 0 bridgehead atoms. The second-order valence-corrected chi connectivity index (χ2v) is 4.43. The van der Waals surface area contributed by atoms with Gasteiger partial charge >= 0.3 is 0 Å². The zero-order chi connectivity index (χ0) is 11.5. The van der Waals surface area contributed by atoms with Crippen LogP contribution in [0.2, 0.25) is 0 Å². The van der Waals surface area contributed by atoms with Gasteiger partial charge in [0.1, 0.15) is 17.4 Å². The van der Waals surface area contributed by atoms with Gasteiger partial charge in [0.2, 0.25) is 0 Å². The van der Waals surface area contributed by atoms with Crippen molar-refractivity contribution in [1.82, 2.24) is 9.97 Å². The van der Waals surface area contributed by atoms with Crippen LogP contribution in [-0.4, -0.2) is 9.97 Å². The average molecular weight is 213 g/mol. The first-order chi connectivity index (χ1) is 7.70. The summed E-state index contributed by atoms with van der Waals surface area (Å²) in [6.45, 7) is 4.40. The molecule has 2 rings (SSSR count). The number of aromatic amines is 1. The van der Waals surface area contributed by atoms with Crippen LogP contribution in [0.3, 0.4) is 0 Å². The molecule has 2 aromatic rings. The molecule has 0 spiro atoms. The standard InChI is InChI=1S/C13H15N3/c1-9(2)6-7-12-15-11-5-3-4-10(8-14)13(11)16-12/h3-5,9H,6-7H2,1-2H3,(H,15,16). The van der Waals surface area contributed by atoms with Crippen molar-refractivity contribution in [3.63, 3.8) is 0 Å². The van der Waals surface area contributed by atoms with Crippen LogP contribution in [0.4, 0.5) is 0 Å². The fraction of sp³-hybridized carbons (Fsp3) is 0.385. The van der Waals surface area contributed by atoms with E-state index in [9.17, 15) is 0 Å². The second kappa shape index (κ2) is 4.36. The zero-order valence-corrected chi connectivity index (χ0v) is 9.62. The monoisotopic (exact) mass is 213 g/mol. The number of fused-ring (bicyclic) bond motifs is 1. The molecule has 0 atom stereocenters. The summed E-state index contributed by atoms with van der Waals surface area (Å²) in [5, 5.41) is 8.96. The first-order valence-electron chi connectivity index (χ1n) is 5.58. The van der Waals surface area contributed by atoms with Gasteiger partial charge in [-0.25, -0.2) is 4.98 Å². The normalized spacial score (nSPS) is 10.9. The van der Waals surface area contributed by atoms with E-state index in [0.29, 0.717) is 11.5 Å². The lowest BCUT2D eigenvalue weighted by atomic mass is 10.1. The number of imidazole rings is 1. The predicted octanol–water partition coefficient (Wildman–Crippen LogP) is 3.02. The first-order valence-corrected chi connectivity index (χ1v) is 5.58. The molecule has 0 fully saturated rings. The summed E-state index contributed by atoms with van der Waals surface area (Å²) in [5.74, 6) is 1.65. The molecule has 1 heterocycles. The van der Waals surface area contributed by atoms with Crippen LogP contribution in [0.1, 0.15) is 31.7 Å². The second-order valence-electron chi connectivity index (χ2n) is 4.43. The van der Waals surface area contributed by atoms with Crippen molar-refractivity contribution in [2.45, 2.75) is 26.7 Å². The summed E-state index contributed by atoms with van der Waals surface area (Å²) in [7, 11) is 0. The quantitative estimate of drug-likeness (QED) is 0.852. The summed E-state index contributed by atoms with van der Waals surface area (Å²) in [5.41, 5.74) is 2.39. The van der Waals surface area contributed by atoms with Crippen molar-refractivity contribution < 1.29 is 0 Å². The van der Waals surface area contributed by atoms with Crippen molar-refractivity contribution >= 4 is 11.0 Å². The van der Waals surface area contributed by atoms with Gasteiger partial charge in [0.25, 0.3) is 0 Å². The average Bonchev–Trinajstić information content (AvgIpc) is 2.68. The molecule has 0 amide bonds. The zero-order valence-electron chi connectivity index (χ0n) is 9.62.